The second-order valence-corrected chi connectivity index (χ2v) is 9.51. The van der Waals surface area contributed by atoms with Gasteiger partial charge in [-0.1, -0.05) is 25.5 Å². The summed E-state index contributed by atoms with van der Waals surface area (Å²) < 4.78 is 33.9. The Bertz CT molecular complexity index is 802. The summed E-state index contributed by atoms with van der Waals surface area (Å²) in [5, 5.41) is 0. The molecule has 7 nitrogen and oxygen atoms in total. The molecular weight excluding hydrogens is 370 g/mol. The van der Waals surface area contributed by atoms with E-state index in [1.807, 2.05) is 26.8 Å². The van der Waals surface area contributed by atoms with Gasteiger partial charge in [-0.2, -0.15) is 0 Å². The van der Waals surface area contributed by atoms with Crippen molar-refractivity contribution in [2.24, 2.45) is 5.92 Å². The molecule has 0 N–H and O–H groups in total. The van der Waals surface area contributed by atoms with Gasteiger partial charge in [0.15, 0.2) is 16.4 Å². The summed E-state index contributed by atoms with van der Waals surface area (Å²) in [5.41, 5.74) is 1.12. The first kappa shape index (κ1) is 21.2. The van der Waals surface area contributed by atoms with Crippen LogP contribution in [0.25, 0.3) is 0 Å². The zero-order valence-corrected chi connectivity index (χ0v) is 17.0. The first-order valence-corrected chi connectivity index (χ1v) is 10.8. The smallest absolute Gasteiger partial charge is 0.342 e. The van der Waals surface area contributed by atoms with Gasteiger partial charge in [0.05, 0.1) is 18.6 Å². The SMILES string of the molecule is COc1ccc(C)cc1C(=O)OCC(=O)N(CC(C)C)[C@@H]1CCS(=O)(=O)C1. The quantitative estimate of drug-likeness (QED) is 0.652. The minimum Gasteiger partial charge on any atom is -0.496 e. The number of sulfone groups is 1. The Morgan fingerprint density at radius 2 is 2.00 bits per heavy atom. The molecular formula is C19H27NO6S. The molecule has 0 radical (unpaired) electrons. The summed E-state index contributed by atoms with van der Waals surface area (Å²) in [6.45, 7) is 5.73. The van der Waals surface area contributed by atoms with Gasteiger partial charge in [-0.15, -0.1) is 0 Å². The van der Waals surface area contributed by atoms with Crippen LogP contribution in [0, 0.1) is 12.8 Å². The fraction of sp³-hybridized carbons (Fsp3) is 0.579. The molecule has 0 aliphatic carbocycles. The Morgan fingerprint density at radius 1 is 1.30 bits per heavy atom. The highest BCUT2D eigenvalue weighted by Gasteiger charge is 2.35. The van der Waals surface area contributed by atoms with Crippen molar-refractivity contribution in [3.05, 3.63) is 29.3 Å². The maximum absolute atomic E-state index is 12.7. The van der Waals surface area contributed by atoms with E-state index >= 15 is 0 Å². The zero-order valence-electron chi connectivity index (χ0n) is 16.2. The number of carbonyl (C=O) groups is 2. The van der Waals surface area contributed by atoms with Gasteiger partial charge >= 0.3 is 5.97 Å². The van der Waals surface area contributed by atoms with Crippen molar-refractivity contribution in [3.63, 3.8) is 0 Å². The number of ether oxygens (including phenoxy) is 2. The third kappa shape index (κ3) is 5.69. The number of hydrogen-bond acceptors (Lipinski definition) is 6. The summed E-state index contributed by atoms with van der Waals surface area (Å²) in [7, 11) is -1.66. The zero-order chi connectivity index (χ0) is 20.2. The Labute approximate surface area is 160 Å². The molecule has 1 aliphatic rings. The van der Waals surface area contributed by atoms with E-state index < -0.39 is 22.4 Å². The fourth-order valence-corrected chi connectivity index (χ4v) is 4.87. The highest BCUT2D eigenvalue weighted by atomic mass is 32.2. The Hall–Kier alpha value is -2.09. The van der Waals surface area contributed by atoms with Gasteiger partial charge in [-0.25, -0.2) is 13.2 Å². The number of esters is 1. The molecule has 1 amide bonds. The van der Waals surface area contributed by atoms with Crippen molar-refractivity contribution < 1.29 is 27.5 Å². The van der Waals surface area contributed by atoms with Crippen LogP contribution in [-0.2, 0) is 19.4 Å². The monoisotopic (exact) mass is 397 g/mol. The molecule has 1 aliphatic heterocycles. The van der Waals surface area contributed by atoms with Crippen LogP contribution in [0.2, 0.25) is 0 Å². The topological polar surface area (TPSA) is 90.0 Å². The molecule has 0 aromatic heterocycles. The number of amides is 1. The Balaban J connectivity index is 2.07. The summed E-state index contributed by atoms with van der Waals surface area (Å²) in [6, 6.07) is 4.76. The van der Waals surface area contributed by atoms with Gasteiger partial charge in [-0.05, 0) is 31.4 Å². The average molecular weight is 397 g/mol. The van der Waals surface area contributed by atoms with Crippen LogP contribution in [0.15, 0.2) is 18.2 Å². The van der Waals surface area contributed by atoms with Crippen molar-refractivity contribution in [2.45, 2.75) is 33.2 Å². The summed E-state index contributed by atoms with van der Waals surface area (Å²) in [4.78, 5) is 26.6. The number of carbonyl (C=O) groups excluding carboxylic acids is 2. The highest BCUT2D eigenvalue weighted by Crippen LogP contribution is 2.22. The van der Waals surface area contributed by atoms with Crippen molar-refractivity contribution in [1.29, 1.82) is 0 Å². The molecule has 1 heterocycles. The molecule has 1 aromatic rings. The molecule has 1 fully saturated rings. The molecule has 1 aromatic carbocycles. The normalized spacial score (nSPS) is 18.3. The summed E-state index contributed by atoms with van der Waals surface area (Å²) in [5.74, 6) is -0.438. The standard InChI is InChI=1S/C19H27NO6S/c1-13(2)10-20(15-7-8-27(23,24)12-15)18(21)11-26-19(22)16-9-14(3)5-6-17(16)25-4/h5-6,9,13,15H,7-8,10-12H2,1-4H3/t15-/m1/s1. The number of hydrogen-bond donors (Lipinski definition) is 0. The largest absolute Gasteiger partial charge is 0.496 e. The van der Waals surface area contributed by atoms with E-state index in [2.05, 4.69) is 0 Å². The number of methoxy groups -OCH3 is 1. The molecule has 1 atom stereocenters. The van der Waals surface area contributed by atoms with Crippen LogP contribution in [0.5, 0.6) is 5.75 Å². The molecule has 0 bridgehead atoms. The van der Waals surface area contributed by atoms with Crippen LogP contribution in [0.1, 0.15) is 36.2 Å². The van der Waals surface area contributed by atoms with Crippen LogP contribution in [0.3, 0.4) is 0 Å². The van der Waals surface area contributed by atoms with Crippen LogP contribution in [0.4, 0.5) is 0 Å². The Kier molecular flexibility index (Phi) is 6.86. The van der Waals surface area contributed by atoms with E-state index in [9.17, 15) is 18.0 Å². The molecule has 0 saturated carbocycles. The molecule has 0 spiro atoms. The predicted molar refractivity (Wildman–Crippen MR) is 102 cm³/mol. The van der Waals surface area contributed by atoms with Gasteiger partial charge in [-0.3, -0.25) is 4.79 Å². The van der Waals surface area contributed by atoms with Crippen molar-refractivity contribution in [3.8, 4) is 5.75 Å². The van der Waals surface area contributed by atoms with E-state index in [0.29, 0.717) is 18.7 Å². The maximum Gasteiger partial charge on any atom is 0.342 e. The first-order valence-electron chi connectivity index (χ1n) is 8.94. The summed E-state index contributed by atoms with van der Waals surface area (Å²) in [6.07, 6.45) is 0.417. The average Bonchev–Trinajstić information content (AvgIpc) is 2.96. The lowest BCUT2D eigenvalue weighted by Gasteiger charge is -2.29. The number of nitrogens with zero attached hydrogens (tertiary/aromatic N) is 1. The first-order chi connectivity index (χ1) is 12.6. The van der Waals surface area contributed by atoms with Crippen LogP contribution >= 0.6 is 0 Å². The number of aryl methyl sites for hydroxylation is 1. The van der Waals surface area contributed by atoms with Gasteiger partial charge in [0.1, 0.15) is 11.3 Å². The summed E-state index contributed by atoms with van der Waals surface area (Å²) >= 11 is 0. The van der Waals surface area contributed by atoms with Gasteiger partial charge < -0.3 is 14.4 Å². The molecule has 150 valence electrons. The van der Waals surface area contributed by atoms with Gasteiger partial charge in [0.25, 0.3) is 5.91 Å². The molecule has 8 heteroatoms. The van der Waals surface area contributed by atoms with Crippen LogP contribution in [-0.4, -0.2) is 63.0 Å². The van der Waals surface area contributed by atoms with Gasteiger partial charge in [0.2, 0.25) is 0 Å². The van der Waals surface area contributed by atoms with Crippen molar-refractivity contribution in [2.75, 3.05) is 31.8 Å². The van der Waals surface area contributed by atoms with E-state index in [-0.39, 0.29) is 34.9 Å². The molecule has 0 unspecified atom stereocenters. The number of benzene rings is 1. The van der Waals surface area contributed by atoms with Crippen LogP contribution < -0.4 is 4.74 Å². The van der Waals surface area contributed by atoms with E-state index in [1.54, 1.807) is 12.1 Å². The molecule has 2 rings (SSSR count). The third-order valence-electron chi connectivity index (χ3n) is 4.43. The lowest BCUT2D eigenvalue weighted by Crippen LogP contribution is -2.45. The van der Waals surface area contributed by atoms with E-state index in [1.165, 1.54) is 12.0 Å². The second kappa shape index (κ2) is 8.73. The molecule has 1 saturated heterocycles. The van der Waals surface area contributed by atoms with Crippen molar-refractivity contribution >= 4 is 21.7 Å². The van der Waals surface area contributed by atoms with E-state index in [0.717, 1.165) is 5.56 Å². The highest BCUT2D eigenvalue weighted by molar-refractivity contribution is 7.91. The minimum absolute atomic E-state index is 0.0366. The lowest BCUT2D eigenvalue weighted by molar-refractivity contribution is -0.137. The van der Waals surface area contributed by atoms with Crippen molar-refractivity contribution in [1.82, 2.24) is 4.90 Å². The second-order valence-electron chi connectivity index (χ2n) is 7.28. The lowest BCUT2D eigenvalue weighted by atomic mass is 10.1. The van der Waals surface area contributed by atoms with Gasteiger partial charge in [0, 0.05) is 12.6 Å². The number of rotatable bonds is 7. The maximum atomic E-state index is 12.7. The third-order valence-corrected chi connectivity index (χ3v) is 6.18. The Morgan fingerprint density at radius 3 is 2.56 bits per heavy atom. The fourth-order valence-electron chi connectivity index (χ4n) is 3.14. The minimum atomic E-state index is -3.12. The molecule has 27 heavy (non-hydrogen) atoms. The van der Waals surface area contributed by atoms with E-state index in [4.69, 9.17) is 9.47 Å². The predicted octanol–water partition coefficient (Wildman–Crippen LogP) is 1.83.